The highest BCUT2D eigenvalue weighted by atomic mass is 32.2. The normalized spacial score (nSPS) is 10.9. The molecule has 0 radical (unpaired) electrons. The van der Waals surface area contributed by atoms with Crippen molar-refractivity contribution in [1.82, 2.24) is 35.3 Å². The molecule has 31 heavy (non-hydrogen) atoms. The minimum Gasteiger partial charge on any atom is -0.352 e. The van der Waals surface area contributed by atoms with Gasteiger partial charge in [0.1, 0.15) is 0 Å². The Balaban J connectivity index is 1.33. The average Bonchev–Trinajstić information content (AvgIpc) is 3.45. The highest BCUT2D eigenvalue weighted by Crippen LogP contribution is 2.24. The average molecular weight is 434 g/mol. The number of hydrogen-bond donors (Lipinski definition) is 1. The molecule has 0 bridgehead atoms. The Hall–Kier alpha value is -3.46. The van der Waals surface area contributed by atoms with E-state index in [0.29, 0.717) is 23.9 Å². The molecule has 4 aromatic rings. The number of carbonyl (C=O) groups excluding carboxylic acids is 1. The second-order valence-corrected chi connectivity index (χ2v) is 8.08. The van der Waals surface area contributed by atoms with Gasteiger partial charge in [0.25, 0.3) is 0 Å². The fraction of sp³-hybridized carbons (Fsp3) is 0.227. The van der Waals surface area contributed by atoms with Gasteiger partial charge in [-0.15, -0.1) is 5.10 Å². The van der Waals surface area contributed by atoms with Gasteiger partial charge in [-0.1, -0.05) is 60.3 Å². The summed E-state index contributed by atoms with van der Waals surface area (Å²) < 4.78 is 3.50. The van der Waals surface area contributed by atoms with Gasteiger partial charge in [0.15, 0.2) is 0 Å². The van der Waals surface area contributed by atoms with Crippen LogP contribution in [0.15, 0.2) is 72.1 Å². The Morgan fingerprint density at radius 3 is 2.68 bits per heavy atom. The van der Waals surface area contributed by atoms with E-state index >= 15 is 0 Å². The molecule has 2 aromatic heterocycles. The second kappa shape index (κ2) is 10.0. The molecule has 158 valence electrons. The zero-order chi connectivity index (χ0) is 21.5. The van der Waals surface area contributed by atoms with E-state index in [2.05, 4.69) is 56.3 Å². The molecule has 8 nitrogen and oxygen atoms in total. The SMILES string of the molecule is Cn1nnnc1SCCC(=O)NCc1ccccc1-c1ccc(Cn2cccn2)cc1. The fourth-order valence-electron chi connectivity index (χ4n) is 3.19. The van der Waals surface area contributed by atoms with Crippen LogP contribution in [0.5, 0.6) is 0 Å². The molecule has 1 N–H and O–H groups in total. The number of thioether (sulfide) groups is 1. The molecule has 0 atom stereocenters. The second-order valence-electron chi connectivity index (χ2n) is 7.02. The van der Waals surface area contributed by atoms with Gasteiger partial charge in [0.05, 0.1) is 6.54 Å². The highest BCUT2D eigenvalue weighted by molar-refractivity contribution is 7.99. The van der Waals surface area contributed by atoms with Gasteiger partial charge in [0, 0.05) is 38.2 Å². The third kappa shape index (κ3) is 5.58. The van der Waals surface area contributed by atoms with E-state index in [-0.39, 0.29) is 5.91 Å². The summed E-state index contributed by atoms with van der Waals surface area (Å²) in [6, 6.07) is 18.5. The molecular formula is C22H23N7OS. The number of nitrogens with zero attached hydrogens (tertiary/aromatic N) is 6. The molecular weight excluding hydrogens is 410 g/mol. The van der Waals surface area contributed by atoms with Gasteiger partial charge in [-0.2, -0.15) is 5.10 Å². The lowest BCUT2D eigenvalue weighted by Crippen LogP contribution is -2.23. The minimum atomic E-state index is 0.00648. The maximum Gasteiger partial charge on any atom is 0.221 e. The van der Waals surface area contributed by atoms with Crippen molar-refractivity contribution in [2.45, 2.75) is 24.7 Å². The van der Waals surface area contributed by atoms with Crippen LogP contribution in [0, 0.1) is 0 Å². The topological polar surface area (TPSA) is 90.5 Å². The van der Waals surface area contributed by atoms with Crippen molar-refractivity contribution in [2.75, 3.05) is 5.75 Å². The van der Waals surface area contributed by atoms with E-state index in [0.717, 1.165) is 23.2 Å². The van der Waals surface area contributed by atoms with Crippen LogP contribution < -0.4 is 5.32 Å². The van der Waals surface area contributed by atoms with Gasteiger partial charge < -0.3 is 5.32 Å². The van der Waals surface area contributed by atoms with Crippen molar-refractivity contribution in [1.29, 1.82) is 0 Å². The maximum atomic E-state index is 12.3. The van der Waals surface area contributed by atoms with Crippen molar-refractivity contribution < 1.29 is 4.79 Å². The lowest BCUT2D eigenvalue weighted by atomic mass is 9.98. The van der Waals surface area contributed by atoms with Gasteiger partial charge in [0.2, 0.25) is 11.1 Å². The molecule has 0 aliphatic rings. The summed E-state index contributed by atoms with van der Waals surface area (Å²) in [6.45, 7) is 1.23. The van der Waals surface area contributed by atoms with Crippen molar-refractivity contribution in [3.63, 3.8) is 0 Å². The number of benzene rings is 2. The number of nitrogens with one attached hydrogen (secondary N) is 1. The third-order valence-electron chi connectivity index (χ3n) is 4.80. The van der Waals surface area contributed by atoms with Crippen molar-refractivity contribution in [3.05, 3.63) is 78.1 Å². The van der Waals surface area contributed by atoms with E-state index in [1.54, 1.807) is 17.9 Å². The van der Waals surface area contributed by atoms with E-state index in [1.807, 2.05) is 35.1 Å². The molecule has 9 heteroatoms. The summed E-state index contributed by atoms with van der Waals surface area (Å²) in [4.78, 5) is 12.3. The van der Waals surface area contributed by atoms with Crippen molar-refractivity contribution in [3.8, 4) is 11.1 Å². The summed E-state index contributed by atoms with van der Waals surface area (Å²) in [5, 5.41) is 19.3. The molecule has 4 rings (SSSR count). The van der Waals surface area contributed by atoms with Crippen LogP contribution in [0.4, 0.5) is 0 Å². The van der Waals surface area contributed by atoms with E-state index in [1.165, 1.54) is 17.3 Å². The third-order valence-corrected chi connectivity index (χ3v) is 5.82. The first-order chi connectivity index (χ1) is 15.2. The van der Waals surface area contributed by atoms with E-state index in [9.17, 15) is 4.79 Å². The minimum absolute atomic E-state index is 0.00648. The number of aryl methyl sites for hydroxylation is 1. The first-order valence-electron chi connectivity index (χ1n) is 9.95. The van der Waals surface area contributed by atoms with Gasteiger partial charge in [-0.05, 0) is 38.7 Å². The fourth-order valence-corrected chi connectivity index (χ4v) is 3.98. The first kappa shape index (κ1) is 20.8. The number of aromatic nitrogens is 6. The maximum absolute atomic E-state index is 12.3. The molecule has 1 amide bonds. The quantitative estimate of drug-likeness (QED) is 0.408. The molecule has 2 aromatic carbocycles. The molecule has 2 heterocycles. The molecule has 0 spiro atoms. The Kier molecular flexibility index (Phi) is 6.73. The number of hydrogen-bond acceptors (Lipinski definition) is 6. The standard InChI is InChI=1S/C22H23N7OS/c1-28-22(25-26-27-28)31-14-11-21(30)23-15-19-5-2-3-6-20(19)18-9-7-17(8-10-18)16-29-13-4-12-24-29/h2-10,12-13H,11,14-16H2,1H3,(H,23,30). The van der Waals surface area contributed by atoms with Crippen molar-refractivity contribution >= 4 is 17.7 Å². The van der Waals surface area contributed by atoms with Crippen LogP contribution >= 0.6 is 11.8 Å². The van der Waals surface area contributed by atoms with Crippen LogP contribution in [0.2, 0.25) is 0 Å². The Morgan fingerprint density at radius 2 is 1.94 bits per heavy atom. The summed E-state index contributed by atoms with van der Waals surface area (Å²) in [5.74, 6) is 0.631. The van der Waals surface area contributed by atoms with E-state index < -0.39 is 0 Å². The molecule has 0 unspecified atom stereocenters. The van der Waals surface area contributed by atoms with Crippen LogP contribution in [-0.4, -0.2) is 41.6 Å². The summed E-state index contributed by atoms with van der Waals surface area (Å²) in [6.07, 6.45) is 4.14. The molecule has 0 aliphatic heterocycles. The van der Waals surface area contributed by atoms with Crippen LogP contribution in [0.3, 0.4) is 0 Å². The lowest BCUT2D eigenvalue weighted by molar-refractivity contribution is -0.120. The van der Waals surface area contributed by atoms with Gasteiger partial charge in [-0.25, -0.2) is 4.68 Å². The predicted octanol–water partition coefficient (Wildman–Crippen LogP) is 2.92. The Labute approximate surface area is 184 Å². The molecule has 0 saturated carbocycles. The first-order valence-corrected chi connectivity index (χ1v) is 10.9. The zero-order valence-corrected chi connectivity index (χ0v) is 18.0. The Morgan fingerprint density at radius 1 is 1.10 bits per heavy atom. The Bertz CT molecular complexity index is 1120. The zero-order valence-electron chi connectivity index (χ0n) is 17.2. The molecule has 0 aliphatic carbocycles. The number of amides is 1. The number of rotatable bonds is 9. The summed E-state index contributed by atoms with van der Waals surface area (Å²) in [5.41, 5.74) is 4.52. The largest absolute Gasteiger partial charge is 0.352 e. The molecule has 0 saturated heterocycles. The van der Waals surface area contributed by atoms with Gasteiger partial charge in [-0.3, -0.25) is 9.48 Å². The summed E-state index contributed by atoms with van der Waals surface area (Å²) >= 11 is 1.47. The highest BCUT2D eigenvalue weighted by Gasteiger charge is 2.09. The van der Waals surface area contributed by atoms with Crippen LogP contribution in [-0.2, 0) is 24.9 Å². The number of carbonyl (C=O) groups is 1. The van der Waals surface area contributed by atoms with Crippen LogP contribution in [0.1, 0.15) is 17.5 Å². The predicted molar refractivity (Wildman–Crippen MR) is 119 cm³/mol. The van der Waals surface area contributed by atoms with E-state index in [4.69, 9.17) is 0 Å². The van der Waals surface area contributed by atoms with Crippen LogP contribution in [0.25, 0.3) is 11.1 Å². The lowest BCUT2D eigenvalue weighted by Gasteiger charge is -2.12. The monoisotopic (exact) mass is 433 g/mol. The molecule has 0 fully saturated rings. The van der Waals surface area contributed by atoms with Gasteiger partial charge >= 0.3 is 0 Å². The summed E-state index contributed by atoms with van der Waals surface area (Å²) in [7, 11) is 1.78. The number of tetrazole rings is 1. The smallest absolute Gasteiger partial charge is 0.221 e. The van der Waals surface area contributed by atoms with Crippen molar-refractivity contribution in [2.24, 2.45) is 7.05 Å².